The largest absolute Gasteiger partial charge is 0.396 e. The van der Waals surface area contributed by atoms with Crippen molar-refractivity contribution in [2.24, 2.45) is 11.8 Å². The van der Waals surface area contributed by atoms with E-state index < -0.39 is 10.0 Å². The van der Waals surface area contributed by atoms with Gasteiger partial charge in [0.25, 0.3) is 0 Å². The Kier molecular flexibility index (Phi) is 4.66. The Hall–Kier alpha value is -0.470. The molecule has 5 nitrogen and oxygen atoms in total. The van der Waals surface area contributed by atoms with Gasteiger partial charge in [0.2, 0.25) is 10.0 Å². The summed E-state index contributed by atoms with van der Waals surface area (Å²) in [6.45, 7) is 2.14. The van der Waals surface area contributed by atoms with Gasteiger partial charge in [-0.05, 0) is 34.7 Å². The highest BCUT2D eigenvalue weighted by Gasteiger charge is 2.40. The number of hydrogen-bond acceptors (Lipinski definition) is 5. The van der Waals surface area contributed by atoms with Crippen LogP contribution in [-0.2, 0) is 14.8 Å². The van der Waals surface area contributed by atoms with Crippen molar-refractivity contribution in [1.29, 1.82) is 0 Å². The summed E-state index contributed by atoms with van der Waals surface area (Å²) in [5.41, 5.74) is 1.14. The molecule has 0 aromatic carbocycles. The molecule has 3 rings (SSSR count). The Morgan fingerprint density at radius 2 is 2.29 bits per heavy atom. The summed E-state index contributed by atoms with van der Waals surface area (Å²) in [4.78, 5) is 0. The predicted octanol–water partition coefficient (Wildman–Crippen LogP) is 1.12. The van der Waals surface area contributed by atoms with Crippen LogP contribution < -0.4 is 0 Å². The highest BCUT2D eigenvalue weighted by Crippen LogP contribution is 2.35. The summed E-state index contributed by atoms with van der Waals surface area (Å²) in [7, 11) is -3.26. The van der Waals surface area contributed by atoms with Crippen LogP contribution in [0.4, 0.5) is 0 Å². The van der Waals surface area contributed by atoms with Crippen molar-refractivity contribution >= 4 is 21.4 Å². The van der Waals surface area contributed by atoms with E-state index in [2.05, 4.69) is 0 Å². The standard InChI is InChI=1S/C14H21NO4S2/c16-7-13-5-15(6-14(13)12-2-4-20-9-12)21(17,18)10-11-1-3-19-8-11/h2,4,9,11,13-14,16H,1,3,5-8,10H2/t11-,13-,14-/m1/s1. The molecule has 2 aliphatic rings. The molecular weight excluding hydrogens is 310 g/mol. The molecule has 21 heavy (non-hydrogen) atoms. The van der Waals surface area contributed by atoms with Gasteiger partial charge in [-0.1, -0.05) is 0 Å². The second-order valence-electron chi connectivity index (χ2n) is 5.93. The van der Waals surface area contributed by atoms with E-state index in [-0.39, 0.29) is 30.1 Å². The van der Waals surface area contributed by atoms with Gasteiger partial charge in [0.05, 0.1) is 12.4 Å². The normalized spacial score (nSPS) is 31.0. The molecule has 0 unspecified atom stereocenters. The van der Waals surface area contributed by atoms with Crippen molar-refractivity contribution in [3.8, 4) is 0 Å². The summed E-state index contributed by atoms with van der Waals surface area (Å²) in [5.74, 6) is 0.384. The zero-order valence-corrected chi connectivity index (χ0v) is 13.5. The van der Waals surface area contributed by atoms with Gasteiger partial charge < -0.3 is 9.84 Å². The third-order valence-corrected chi connectivity index (χ3v) is 7.16. The van der Waals surface area contributed by atoms with Gasteiger partial charge in [-0.25, -0.2) is 12.7 Å². The maximum atomic E-state index is 12.6. The molecule has 1 N–H and O–H groups in total. The molecule has 0 saturated carbocycles. The first-order valence-corrected chi connectivity index (χ1v) is 9.84. The first-order chi connectivity index (χ1) is 10.1. The fourth-order valence-electron chi connectivity index (χ4n) is 3.23. The van der Waals surface area contributed by atoms with Crippen LogP contribution >= 0.6 is 11.3 Å². The first-order valence-electron chi connectivity index (χ1n) is 7.28. The average molecular weight is 331 g/mol. The lowest BCUT2D eigenvalue weighted by Crippen LogP contribution is -2.34. The van der Waals surface area contributed by atoms with Gasteiger partial charge >= 0.3 is 0 Å². The van der Waals surface area contributed by atoms with Crippen LogP contribution in [0.2, 0.25) is 0 Å². The van der Waals surface area contributed by atoms with Crippen LogP contribution in [0.1, 0.15) is 17.9 Å². The molecule has 0 bridgehead atoms. The summed E-state index contributed by atoms with van der Waals surface area (Å²) in [6, 6.07) is 2.03. The smallest absolute Gasteiger partial charge is 0.214 e. The molecule has 0 spiro atoms. The Labute approximate surface area is 129 Å². The van der Waals surface area contributed by atoms with Crippen LogP contribution in [0.25, 0.3) is 0 Å². The highest BCUT2D eigenvalue weighted by molar-refractivity contribution is 7.89. The van der Waals surface area contributed by atoms with Crippen LogP contribution in [0.3, 0.4) is 0 Å². The number of aliphatic hydroxyl groups is 1. The molecule has 3 heterocycles. The molecule has 1 aromatic rings. The molecule has 2 aliphatic heterocycles. The van der Waals surface area contributed by atoms with E-state index in [1.54, 1.807) is 15.6 Å². The van der Waals surface area contributed by atoms with Crippen molar-refractivity contribution in [1.82, 2.24) is 4.31 Å². The maximum Gasteiger partial charge on any atom is 0.214 e. The monoisotopic (exact) mass is 331 g/mol. The first kappa shape index (κ1) is 15.4. The Morgan fingerprint density at radius 3 is 2.90 bits per heavy atom. The van der Waals surface area contributed by atoms with E-state index in [1.165, 1.54) is 0 Å². The van der Waals surface area contributed by atoms with Gasteiger partial charge in [-0.2, -0.15) is 11.3 Å². The zero-order chi connectivity index (χ0) is 14.9. The number of thiophene rings is 1. The molecule has 2 saturated heterocycles. The van der Waals surface area contributed by atoms with Crippen LogP contribution in [0.5, 0.6) is 0 Å². The number of nitrogens with zero attached hydrogens (tertiary/aromatic N) is 1. The van der Waals surface area contributed by atoms with Gasteiger partial charge in [0.1, 0.15) is 0 Å². The van der Waals surface area contributed by atoms with Crippen molar-refractivity contribution in [2.45, 2.75) is 12.3 Å². The SMILES string of the molecule is O=S(=O)(C[C@@H]1CCOC1)N1C[C@H](CO)[C@@H](c2ccsc2)C1. The van der Waals surface area contributed by atoms with Crippen molar-refractivity contribution in [3.05, 3.63) is 22.4 Å². The minimum Gasteiger partial charge on any atom is -0.396 e. The van der Waals surface area contributed by atoms with Crippen LogP contribution in [-0.4, -0.2) is 56.5 Å². The van der Waals surface area contributed by atoms with Crippen LogP contribution in [0, 0.1) is 11.8 Å². The molecule has 0 aliphatic carbocycles. The van der Waals surface area contributed by atoms with E-state index in [9.17, 15) is 13.5 Å². The lowest BCUT2D eigenvalue weighted by atomic mass is 9.92. The van der Waals surface area contributed by atoms with E-state index in [0.29, 0.717) is 26.3 Å². The third kappa shape index (κ3) is 3.32. The minimum absolute atomic E-state index is 0.00537. The molecule has 3 atom stereocenters. The molecule has 0 amide bonds. The number of rotatable bonds is 5. The third-order valence-electron chi connectivity index (χ3n) is 4.48. The summed E-state index contributed by atoms with van der Waals surface area (Å²) in [5, 5.41) is 13.6. The van der Waals surface area contributed by atoms with Gasteiger partial charge in [-0.15, -0.1) is 0 Å². The maximum absolute atomic E-state index is 12.6. The number of hydrogen-bond donors (Lipinski definition) is 1. The lowest BCUT2D eigenvalue weighted by molar-refractivity contribution is 0.188. The second kappa shape index (κ2) is 6.34. The predicted molar refractivity (Wildman–Crippen MR) is 81.9 cm³/mol. The molecular formula is C14H21NO4S2. The zero-order valence-electron chi connectivity index (χ0n) is 11.8. The number of aliphatic hydroxyl groups excluding tert-OH is 1. The Balaban J connectivity index is 1.71. The van der Waals surface area contributed by atoms with E-state index >= 15 is 0 Å². The van der Waals surface area contributed by atoms with Gasteiger partial charge in [-0.3, -0.25) is 0 Å². The second-order valence-corrected chi connectivity index (χ2v) is 8.72. The molecule has 118 valence electrons. The minimum atomic E-state index is -3.26. The fourth-order valence-corrected chi connectivity index (χ4v) is 5.83. The van der Waals surface area contributed by atoms with E-state index in [1.807, 2.05) is 16.8 Å². The van der Waals surface area contributed by atoms with Gasteiger partial charge in [0.15, 0.2) is 0 Å². The molecule has 7 heteroatoms. The molecule has 2 fully saturated rings. The highest BCUT2D eigenvalue weighted by atomic mass is 32.2. The van der Waals surface area contributed by atoms with Crippen molar-refractivity contribution in [3.63, 3.8) is 0 Å². The Morgan fingerprint density at radius 1 is 1.43 bits per heavy atom. The van der Waals surface area contributed by atoms with Crippen molar-refractivity contribution in [2.75, 3.05) is 38.7 Å². The molecule has 0 radical (unpaired) electrons. The van der Waals surface area contributed by atoms with Crippen molar-refractivity contribution < 1.29 is 18.3 Å². The van der Waals surface area contributed by atoms with Gasteiger partial charge in [0, 0.05) is 38.1 Å². The number of sulfonamides is 1. The summed E-state index contributed by atoms with van der Waals surface area (Å²) in [6.07, 6.45) is 0.824. The van der Waals surface area contributed by atoms with E-state index in [4.69, 9.17) is 4.74 Å². The number of ether oxygens (including phenoxy) is 1. The summed E-state index contributed by atoms with van der Waals surface area (Å²) >= 11 is 1.61. The Bertz CT molecular complexity index is 552. The fraction of sp³-hybridized carbons (Fsp3) is 0.714. The summed E-state index contributed by atoms with van der Waals surface area (Å²) < 4.78 is 31.9. The lowest BCUT2D eigenvalue weighted by Gasteiger charge is -2.18. The van der Waals surface area contributed by atoms with E-state index in [0.717, 1.165) is 12.0 Å². The topological polar surface area (TPSA) is 66.8 Å². The van der Waals surface area contributed by atoms with Crippen LogP contribution in [0.15, 0.2) is 16.8 Å². The molecule has 1 aromatic heterocycles. The average Bonchev–Trinajstić information content (AvgIpc) is 3.18. The quantitative estimate of drug-likeness (QED) is 0.878.